The molecule has 8 nitrogen and oxygen atoms in total. The van der Waals surface area contributed by atoms with Crippen LogP contribution in [0.2, 0.25) is 0 Å². The number of hydrogen-bond acceptors (Lipinski definition) is 5. The van der Waals surface area contributed by atoms with E-state index in [-0.39, 0.29) is 36.4 Å². The highest BCUT2D eigenvalue weighted by Gasteiger charge is 2.40. The Labute approximate surface area is 191 Å². The Hall–Kier alpha value is -3.94. The smallest absolute Gasteiger partial charge is 0.232 e. The quantitative estimate of drug-likeness (QED) is 0.652. The fourth-order valence-electron chi connectivity index (χ4n) is 4.37. The Morgan fingerprint density at radius 2 is 1.55 bits per heavy atom. The highest BCUT2D eigenvalue weighted by Crippen LogP contribution is 2.39. The number of ether oxygens (including phenoxy) is 1. The molecule has 1 heterocycles. The lowest BCUT2D eigenvalue weighted by atomic mass is 9.75. The van der Waals surface area contributed by atoms with Crippen molar-refractivity contribution in [1.29, 1.82) is 0 Å². The topological polar surface area (TPSA) is 114 Å². The molecule has 0 radical (unpaired) electrons. The number of nitrogens with one attached hydrogen (secondary N) is 3. The number of hydrogen-bond donors (Lipinski definition) is 3. The zero-order valence-corrected chi connectivity index (χ0v) is 18.4. The van der Waals surface area contributed by atoms with Crippen LogP contribution >= 0.6 is 0 Å². The molecule has 3 N–H and O–H groups in total. The summed E-state index contributed by atoms with van der Waals surface area (Å²) in [7, 11) is 1.59. The van der Waals surface area contributed by atoms with Gasteiger partial charge in [0.15, 0.2) is 5.78 Å². The minimum Gasteiger partial charge on any atom is -0.497 e. The van der Waals surface area contributed by atoms with Crippen LogP contribution in [0.1, 0.15) is 37.7 Å². The van der Waals surface area contributed by atoms with Gasteiger partial charge in [-0.1, -0.05) is 12.1 Å². The monoisotopic (exact) mass is 447 g/mol. The standard InChI is InChI=1S/C25H25N3O5/c1-14(29)26-17-5-7-18(8-6-17)27-25(32)20-13-23(31)28-21-11-16(12-22(30)24(20)21)15-3-9-19(33-2)10-4-15/h3-10,16,20H,11-13H2,1-2H3,(H,26,29)(H,27,32)(H,28,31)/t16-,20+/m0/s1. The molecule has 0 saturated carbocycles. The molecule has 0 bridgehead atoms. The molecule has 33 heavy (non-hydrogen) atoms. The molecular weight excluding hydrogens is 422 g/mol. The van der Waals surface area contributed by atoms with Crippen molar-refractivity contribution in [3.8, 4) is 5.75 Å². The van der Waals surface area contributed by atoms with E-state index in [0.717, 1.165) is 11.3 Å². The minimum atomic E-state index is -0.840. The van der Waals surface area contributed by atoms with Gasteiger partial charge < -0.3 is 20.7 Å². The van der Waals surface area contributed by atoms with Crippen LogP contribution < -0.4 is 20.7 Å². The van der Waals surface area contributed by atoms with E-state index in [2.05, 4.69) is 16.0 Å². The fourth-order valence-corrected chi connectivity index (χ4v) is 4.37. The molecule has 2 aliphatic rings. The van der Waals surface area contributed by atoms with Gasteiger partial charge >= 0.3 is 0 Å². The Balaban J connectivity index is 1.53. The molecule has 2 aromatic rings. The van der Waals surface area contributed by atoms with Gasteiger partial charge in [-0.2, -0.15) is 0 Å². The average molecular weight is 447 g/mol. The maximum atomic E-state index is 13.1. The van der Waals surface area contributed by atoms with E-state index < -0.39 is 11.8 Å². The summed E-state index contributed by atoms with van der Waals surface area (Å²) < 4.78 is 5.19. The second-order valence-electron chi connectivity index (χ2n) is 8.25. The molecule has 0 aromatic heterocycles. The van der Waals surface area contributed by atoms with Crippen molar-refractivity contribution in [2.75, 3.05) is 17.7 Å². The van der Waals surface area contributed by atoms with Crippen LogP contribution in [-0.2, 0) is 19.2 Å². The molecule has 2 atom stereocenters. The summed E-state index contributed by atoms with van der Waals surface area (Å²) in [4.78, 5) is 49.7. The first-order valence-corrected chi connectivity index (χ1v) is 10.7. The summed E-state index contributed by atoms with van der Waals surface area (Å²) in [5.74, 6) is -1.19. The first-order chi connectivity index (χ1) is 15.8. The number of ketones is 1. The van der Waals surface area contributed by atoms with Crippen molar-refractivity contribution in [3.05, 3.63) is 65.4 Å². The number of carbonyl (C=O) groups excluding carboxylic acids is 4. The molecule has 8 heteroatoms. The van der Waals surface area contributed by atoms with Crippen LogP contribution in [0.5, 0.6) is 5.75 Å². The third-order valence-electron chi connectivity index (χ3n) is 5.91. The van der Waals surface area contributed by atoms with Gasteiger partial charge in [0.25, 0.3) is 0 Å². The van der Waals surface area contributed by atoms with Gasteiger partial charge in [-0.25, -0.2) is 0 Å². The Morgan fingerprint density at radius 3 is 2.15 bits per heavy atom. The molecule has 1 aliphatic heterocycles. The Bertz CT molecular complexity index is 1140. The Morgan fingerprint density at radius 1 is 0.909 bits per heavy atom. The van der Waals surface area contributed by atoms with Crippen molar-refractivity contribution in [1.82, 2.24) is 5.32 Å². The van der Waals surface area contributed by atoms with Crippen molar-refractivity contribution in [2.45, 2.75) is 32.1 Å². The highest BCUT2D eigenvalue weighted by molar-refractivity contribution is 6.09. The van der Waals surface area contributed by atoms with Gasteiger partial charge in [-0.3, -0.25) is 19.2 Å². The lowest BCUT2D eigenvalue weighted by Crippen LogP contribution is -2.43. The van der Waals surface area contributed by atoms with Gasteiger partial charge in [-0.05, 0) is 54.3 Å². The summed E-state index contributed by atoms with van der Waals surface area (Å²) in [6.45, 7) is 1.41. The summed E-state index contributed by atoms with van der Waals surface area (Å²) >= 11 is 0. The van der Waals surface area contributed by atoms with Gasteiger partial charge in [0.05, 0.1) is 13.0 Å². The van der Waals surface area contributed by atoms with Crippen LogP contribution in [0, 0.1) is 5.92 Å². The third kappa shape index (κ3) is 4.95. The number of allylic oxidation sites excluding steroid dienone is 1. The molecular formula is C25H25N3O5. The Kier molecular flexibility index (Phi) is 6.26. The molecule has 0 saturated heterocycles. The summed E-state index contributed by atoms with van der Waals surface area (Å²) in [6, 6.07) is 14.2. The summed E-state index contributed by atoms with van der Waals surface area (Å²) in [6.07, 6.45) is 0.679. The van der Waals surface area contributed by atoms with Crippen LogP contribution in [0.15, 0.2) is 59.8 Å². The van der Waals surface area contributed by atoms with Crippen LogP contribution in [0.3, 0.4) is 0 Å². The van der Waals surface area contributed by atoms with Crippen LogP contribution in [0.25, 0.3) is 0 Å². The predicted molar refractivity (Wildman–Crippen MR) is 123 cm³/mol. The van der Waals surface area contributed by atoms with Crippen LogP contribution in [0.4, 0.5) is 11.4 Å². The lowest BCUT2D eigenvalue weighted by Gasteiger charge is -2.33. The molecule has 0 spiro atoms. The van der Waals surface area contributed by atoms with E-state index in [4.69, 9.17) is 4.74 Å². The summed E-state index contributed by atoms with van der Waals surface area (Å²) in [5.41, 5.74) is 3.03. The first kappa shape index (κ1) is 22.3. The number of anilines is 2. The van der Waals surface area contributed by atoms with Crippen LogP contribution in [-0.4, -0.2) is 30.6 Å². The van der Waals surface area contributed by atoms with Gasteiger partial charge in [0.1, 0.15) is 5.75 Å². The number of rotatable bonds is 5. The maximum absolute atomic E-state index is 13.1. The second kappa shape index (κ2) is 9.28. The highest BCUT2D eigenvalue weighted by atomic mass is 16.5. The van der Waals surface area contributed by atoms with E-state index >= 15 is 0 Å². The third-order valence-corrected chi connectivity index (χ3v) is 5.91. The molecule has 0 fully saturated rings. The minimum absolute atomic E-state index is 0.0758. The van der Waals surface area contributed by atoms with Crippen molar-refractivity contribution in [3.63, 3.8) is 0 Å². The van der Waals surface area contributed by atoms with E-state index in [1.165, 1.54) is 6.92 Å². The van der Waals surface area contributed by atoms with E-state index in [1.807, 2.05) is 24.3 Å². The summed E-state index contributed by atoms with van der Waals surface area (Å²) in [5, 5.41) is 8.27. The molecule has 0 unspecified atom stereocenters. The first-order valence-electron chi connectivity index (χ1n) is 10.7. The molecule has 1 aliphatic carbocycles. The van der Waals surface area contributed by atoms with Crippen molar-refractivity contribution < 1.29 is 23.9 Å². The van der Waals surface area contributed by atoms with E-state index in [1.54, 1.807) is 31.4 Å². The number of benzene rings is 2. The maximum Gasteiger partial charge on any atom is 0.232 e. The molecule has 3 amide bonds. The zero-order valence-electron chi connectivity index (χ0n) is 18.4. The predicted octanol–water partition coefficient (Wildman–Crippen LogP) is 3.13. The second-order valence-corrected chi connectivity index (χ2v) is 8.25. The van der Waals surface area contributed by atoms with Gasteiger partial charge in [0.2, 0.25) is 17.7 Å². The van der Waals surface area contributed by atoms with Gasteiger partial charge in [-0.15, -0.1) is 0 Å². The van der Waals surface area contributed by atoms with Crippen molar-refractivity contribution >= 4 is 34.9 Å². The number of Topliss-reactive ketones (excluding diaryl/α,β-unsaturated/α-hetero) is 1. The normalized spacial score (nSPS) is 19.9. The number of carbonyl (C=O) groups is 4. The largest absolute Gasteiger partial charge is 0.497 e. The fraction of sp³-hybridized carbons (Fsp3) is 0.280. The number of amides is 3. The van der Waals surface area contributed by atoms with E-state index in [9.17, 15) is 19.2 Å². The average Bonchev–Trinajstić information content (AvgIpc) is 2.79. The molecule has 2 aromatic carbocycles. The molecule has 170 valence electrons. The van der Waals surface area contributed by atoms with Crippen molar-refractivity contribution in [2.24, 2.45) is 5.92 Å². The zero-order chi connectivity index (χ0) is 23.5. The lowest BCUT2D eigenvalue weighted by molar-refractivity contribution is -0.129. The number of methoxy groups -OCH3 is 1. The SMILES string of the molecule is COc1ccc([C@@H]2CC(=O)C3=C(C2)NC(=O)C[C@H]3C(=O)Nc2ccc(NC(C)=O)cc2)cc1. The van der Waals surface area contributed by atoms with Gasteiger partial charge in [0, 0.05) is 42.4 Å². The van der Waals surface area contributed by atoms with E-state index in [0.29, 0.717) is 29.1 Å². The molecule has 4 rings (SSSR count).